The first-order valence-electron chi connectivity index (χ1n) is 5.82. The molecule has 4 nitrogen and oxygen atoms in total. The van der Waals surface area contributed by atoms with Crippen LogP contribution in [0.3, 0.4) is 0 Å². The molecule has 0 amide bonds. The lowest BCUT2D eigenvalue weighted by atomic mass is 10.3. The van der Waals surface area contributed by atoms with Crippen molar-refractivity contribution in [2.75, 3.05) is 18.0 Å². The SMILES string of the molecule is CCCCN(CC)c1nc(C(F)(F)F)cc(=O)[nH]1. The first-order valence-corrected chi connectivity index (χ1v) is 5.82. The van der Waals surface area contributed by atoms with Gasteiger partial charge in [0.2, 0.25) is 5.95 Å². The van der Waals surface area contributed by atoms with Crippen molar-refractivity contribution in [3.8, 4) is 0 Å². The van der Waals surface area contributed by atoms with Gasteiger partial charge >= 0.3 is 6.18 Å². The van der Waals surface area contributed by atoms with Gasteiger partial charge in [-0.05, 0) is 13.3 Å². The van der Waals surface area contributed by atoms with E-state index in [2.05, 4.69) is 9.97 Å². The minimum absolute atomic E-state index is 0.0224. The van der Waals surface area contributed by atoms with E-state index in [0.29, 0.717) is 19.2 Å². The van der Waals surface area contributed by atoms with Crippen molar-refractivity contribution < 1.29 is 13.2 Å². The lowest BCUT2D eigenvalue weighted by Crippen LogP contribution is -2.29. The molecule has 0 aliphatic heterocycles. The van der Waals surface area contributed by atoms with Crippen molar-refractivity contribution in [2.45, 2.75) is 32.9 Å². The maximum absolute atomic E-state index is 12.5. The zero-order valence-corrected chi connectivity index (χ0v) is 10.3. The quantitative estimate of drug-likeness (QED) is 0.887. The summed E-state index contributed by atoms with van der Waals surface area (Å²) in [6, 6.07) is 0.469. The topological polar surface area (TPSA) is 49.0 Å². The zero-order valence-electron chi connectivity index (χ0n) is 10.3. The Morgan fingerprint density at radius 1 is 1.39 bits per heavy atom. The molecule has 1 aromatic rings. The maximum Gasteiger partial charge on any atom is 0.433 e. The Kier molecular flexibility index (Phi) is 4.75. The van der Waals surface area contributed by atoms with E-state index in [0.717, 1.165) is 12.8 Å². The van der Waals surface area contributed by atoms with Gasteiger partial charge in [-0.2, -0.15) is 13.2 Å². The molecular weight excluding hydrogens is 247 g/mol. The van der Waals surface area contributed by atoms with Gasteiger partial charge in [0.15, 0.2) is 5.69 Å². The highest BCUT2D eigenvalue weighted by atomic mass is 19.4. The van der Waals surface area contributed by atoms with Gasteiger partial charge in [-0.15, -0.1) is 0 Å². The van der Waals surface area contributed by atoms with Crippen molar-refractivity contribution in [1.82, 2.24) is 9.97 Å². The molecule has 0 aromatic carbocycles. The third-order valence-electron chi connectivity index (χ3n) is 2.48. The lowest BCUT2D eigenvalue weighted by Gasteiger charge is -2.21. The second kappa shape index (κ2) is 5.88. The molecule has 7 heteroatoms. The van der Waals surface area contributed by atoms with Gasteiger partial charge in [-0.1, -0.05) is 13.3 Å². The number of nitrogens with zero attached hydrogens (tertiary/aromatic N) is 2. The summed E-state index contributed by atoms with van der Waals surface area (Å²) in [5, 5.41) is 0. The maximum atomic E-state index is 12.5. The molecule has 0 fully saturated rings. The van der Waals surface area contributed by atoms with Crippen LogP contribution in [0.2, 0.25) is 0 Å². The zero-order chi connectivity index (χ0) is 13.8. The smallest absolute Gasteiger partial charge is 0.343 e. The molecular formula is C11H16F3N3O. The van der Waals surface area contributed by atoms with Crippen LogP contribution in [0.5, 0.6) is 0 Å². The Balaban J connectivity index is 3.08. The number of hydrogen-bond donors (Lipinski definition) is 1. The van der Waals surface area contributed by atoms with Crippen LogP contribution in [0.25, 0.3) is 0 Å². The van der Waals surface area contributed by atoms with Crippen LogP contribution in [-0.4, -0.2) is 23.1 Å². The molecule has 1 N–H and O–H groups in total. The Hall–Kier alpha value is -1.53. The van der Waals surface area contributed by atoms with Crippen LogP contribution in [0.1, 0.15) is 32.4 Å². The third-order valence-corrected chi connectivity index (χ3v) is 2.48. The van der Waals surface area contributed by atoms with E-state index in [1.165, 1.54) is 0 Å². The molecule has 0 saturated carbocycles. The van der Waals surface area contributed by atoms with E-state index in [1.54, 1.807) is 11.8 Å². The summed E-state index contributed by atoms with van der Waals surface area (Å²) >= 11 is 0. The fourth-order valence-corrected chi connectivity index (χ4v) is 1.50. The summed E-state index contributed by atoms with van der Waals surface area (Å²) in [5.74, 6) is -0.0224. The molecule has 1 rings (SSSR count). The highest BCUT2D eigenvalue weighted by molar-refractivity contribution is 5.30. The minimum Gasteiger partial charge on any atom is -0.343 e. The molecule has 0 spiro atoms. The summed E-state index contributed by atoms with van der Waals surface area (Å²) in [7, 11) is 0. The van der Waals surface area contributed by atoms with E-state index < -0.39 is 17.4 Å². The summed E-state index contributed by atoms with van der Waals surface area (Å²) < 4.78 is 37.6. The number of hydrogen-bond acceptors (Lipinski definition) is 3. The van der Waals surface area contributed by atoms with Crippen LogP contribution in [0.15, 0.2) is 10.9 Å². The number of nitrogens with one attached hydrogen (secondary N) is 1. The molecule has 0 aliphatic carbocycles. The van der Waals surface area contributed by atoms with Crippen molar-refractivity contribution in [2.24, 2.45) is 0 Å². The van der Waals surface area contributed by atoms with Gasteiger partial charge in [0.1, 0.15) is 0 Å². The van der Waals surface area contributed by atoms with Crippen LogP contribution in [0.4, 0.5) is 19.1 Å². The van der Waals surface area contributed by atoms with Gasteiger partial charge in [-0.3, -0.25) is 9.78 Å². The summed E-state index contributed by atoms with van der Waals surface area (Å²) in [4.78, 5) is 18.7. The molecule has 0 unspecified atom stereocenters. The number of halogens is 3. The van der Waals surface area contributed by atoms with Crippen molar-refractivity contribution >= 4 is 5.95 Å². The first-order chi connectivity index (χ1) is 8.38. The lowest BCUT2D eigenvalue weighted by molar-refractivity contribution is -0.141. The predicted octanol–water partition coefficient (Wildman–Crippen LogP) is 2.42. The van der Waals surface area contributed by atoms with Gasteiger partial charge in [0.25, 0.3) is 5.56 Å². The second-order valence-corrected chi connectivity index (χ2v) is 3.89. The Bertz CT molecular complexity index is 442. The number of rotatable bonds is 5. The molecule has 1 aromatic heterocycles. The fourth-order valence-electron chi connectivity index (χ4n) is 1.50. The van der Waals surface area contributed by atoms with Gasteiger partial charge < -0.3 is 4.90 Å². The molecule has 102 valence electrons. The first kappa shape index (κ1) is 14.5. The summed E-state index contributed by atoms with van der Waals surface area (Å²) in [5.41, 5.74) is -1.95. The van der Waals surface area contributed by atoms with Crippen molar-refractivity contribution in [3.05, 3.63) is 22.1 Å². The number of anilines is 1. The number of aromatic amines is 1. The minimum atomic E-state index is -4.60. The van der Waals surface area contributed by atoms with Gasteiger partial charge in [-0.25, -0.2) is 4.98 Å². The normalized spacial score (nSPS) is 11.6. The molecule has 18 heavy (non-hydrogen) atoms. The van der Waals surface area contributed by atoms with Crippen LogP contribution >= 0.6 is 0 Å². The highest BCUT2D eigenvalue weighted by Crippen LogP contribution is 2.27. The molecule has 0 atom stereocenters. The number of H-pyrrole nitrogens is 1. The van der Waals surface area contributed by atoms with E-state index in [-0.39, 0.29) is 5.95 Å². The number of alkyl halides is 3. The summed E-state index contributed by atoms with van der Waals surface area (Å²) in [6.45, 7) is 4.84. The van der Waals surface area contributed by atoms with Gasteiger partial charge in [0.05, 0.1) is 0 Å². The largest absolute Gasteiger partial charge is 0.433 e. The van der Waals surface area contributed by atoms with Crippen molar-refractivity contribution in [3.63, 3.8) is 0 Å². The van der Waals surface area contributed by atoms with E-state index in [1.807, 2.05) is 6.92 Å². The molecule has 0 aliphatic rings. The number of unbranched alkanes of at least 4 members (excludes halogenated alkanes) is 1. The second-order valence-electron chi connectivity index (χ2n) is 3.89. The van der Waals surface area contributed by atoms with Crippen LogP contribution in [0, 0.1) is 0 Å². The van der Waals surface area contributed by atoms with E-state index >= 15 is 0 Å². The summed E-state index contributed by atoms with van der Waals surface area (Å²) in [6.07, 6.45) is -2.86. The van der Waals surface area contributed by atoms with Crippen molar-refractivity contribution in [1.29, 1.82) is 0 Å². The molecule has 0 saturated heterocycles. The average molecular weight is 263 g/mol. The Morgan fingerprint density at radius 2 is 2.06 bits per heavy atom. The fraction of sp³-hybridized carbons (Fsp3) is 0.636. The van der Waals surface area contributed by atoms with Crippen LogP contribution < -0.4 is 10.5 Å². The van der Waals surface area contributed by atoms with Gasteiger partial charge in [0, 0.05) is 19.2 Å². The number of aromatic nitrogens is 2. The molecule has 1 heterocycles. The Morgan fingerprint density at radius 3 is 2.56 bits per heavy atom. The van der Waals surface area contributed by atoms with E-state index in [9.17, 15) is 18.0 Å². The third kappa shape index (κ3) is 3.75. The van der Waals surface area contributed by atoms with E-state index in [4.69, 9.17) is 0 Å². The standard InChI is InChI=1S/C11H16F3N3O/c1-3-5-6-17(4-2)10-15-8(11(12,13)14)7-9(18)16-10/h7H,3-6H2,1-2H3,(H,15,16,18). The Labute approximate surface area is 103 Å². The average Bonchev–Trinajstić information content (AvgIpc) is 2.28. The monoisotopic (exact) mass is 263 g/mol. The van der Waals surface area contributed by atoms with Crippen LogP contribution in [-0.2, 0) is 6.18 Å². The molecule has 0 bridgehead atoms. The molecule has 0 radical (unpaired) electrons. The highest BCUT2D eigenvalue weighted by Gasteiger charge is 2.33. The predicted molar refractivity (Wildman–Crippen MR) is 62.7 cm³/mol.